The van der Waals surface area contributed by atoms with Crippen molar-refractivity contribution >= 4 is 21.9 Å². The summed E-state index contributed by atoms with van der Waals surface area (Å²) in [5.74, 6) is 1.93. The molecule has 2 aliphatic heterocycles. The van der Waals surface area contributed by atoms with E-state index in [0.717, 1.165) is 29.8 Å². The molecule has 1 aromatic heterocycles. The van der Waals surface area contributed by atoms with Crippen LogP contribution in [-0.2, 0) is 10.0 Å². The molecule has 3 heterocycles. The summed E-state index contributed by atoms with van der Waals surface area (Å²) in [7, 11) is -4.07. The first-order chi connectivity index (χ1) is 20.2. The number of nitrogens with zero attached hydrogens (tertiary/aromatic N) is 4. The van der Waals surface area contributed by atoms with Crippen molar-refractivity contribution in [1.82, 2.24) is 19.8 Å². The molecule has 10 heteroatoms. The maximum absolute atomic E-state index is 13.7. The molecule has 2 fully saturated rings. The number of nitrogens with one attached hydrogen (secondary N) is 1. The lowest BCUT2D eigenvalue weighted by Crippen LogP contribution is -2.41. The van der Waals surface area contributed by atoms with E-state index in [4.69, 9.17) is 4.74 Å². The molecule has 1 amide bonds. The van der Waals surface area contributed by atoms with E-state index in [2.05, 4.69) is 31.7 Å². The van der Waals surface area contributed by atoms with Gasteiger partial charge in [0.1, 0.15) is 6.10 Å². The number of aryl methyl sites for hydroxylation is 2. The van der Waals surface area contributed by atoms with Crippen molar-refractivity contribution < 1.29 is 17.9 Å². The SMILES string of the molecule is Cc1cccc(C)c1-c1cc2nc(n1)NS(=O)(=O)c1cccc(c1)C(=O)N1CCN(CC3CC4C=CC3C4)CC(C1)O2. The highest BCUT2D eigenvalue weighted by Gasteiger charge is 2.38. The first-order valence-electron chi connectivity index (χ1n) is 14.7. The van der Waals surface area contributed by atoms with E-state index in [1.54, 1.807) is 23.1 Å². The van der Waals surface area contributed by atoms with Gasteiger partial charge in [-0.25, -0.2) is 18.1 Å². The van der Waals surface area contributed by atoms with Crippen molar-refractivity contribution in [1.29, 1.82) is 0 Å². The molecule has 8 bridgehead atoms. The van der Waals surface area contributed by atoms with Gasteiger partial charge in [-0.15, -0.1) is 0 Å². The van der Waals surface area contributed by atoms with Crippen LogP contribution in [0.2, 0.25) is 0 Å². The number of fused-ring (bicyclic) bond motifs is 8. The Morgan fingerprint density at radius 1 is 0.976 bits per heavy atom. The quantitative estimate of drug-likeness (QED) is 0.457. The molecule has 1 N–H and O–H groups in total. The van der Waals surface area contributed by atoms with Crippen molar-refractivity contribution in [3.8, 4) is 17.1 Å². The molecule has 1 saturated heterocycles. The molecule has 3 aromatic rings. The number of benzene rings is 2. The zero-order valence-electron chi connectivity index (χ0n) is 23.9. The predicted molar refractivity (Wildman–Crippen MR) is 160 cm³/mol. The Balaban J connectivity index is 1.30. The van der Waals surface area contributed by atoms with Crippen LogP contribution in [0, 0.1) is 31.6 Å². The number of anilines is 1. The average Bonchev–Trinajstić information content (AvgIpc) is 3.51. The van der Waals surface area contributed by atoms with Gasteiger partial charge in [-0.05, 0) is 73.8 Å². The average molecular weight is 586 g/mol. The number of amides is 1. The fourth-order valence-electron chi connectivity index (χ4n) is 7.10. The van der Waals surface area contributed by atoms with Gasteiger partial charge in [-0.1, -0.05) is 36.4 Å². The summed E-state index contributed by atoms with van der Waals surface area (Å²) in [5.41, 5.74) is 3.82. The van der Waals surface area contributed by atoms with Crippen LogP contribution in [0.3, 0.4) is 0 Å². The lowest BCUT2D eigenvalue weighted by Gasteiger charge is -2.29. The third-order valence-corrected chi connectivity index (χ3v) is 10.4. The van der Waals surface area contributed by atoms with E-state index in [1.165, 1.54) is 25.0 Å². The largest absolute Gasteiger partial charge is 0.471 e. The number of allylic oxidation sites excluding steroid dienone is 2. The third kappa shape index (κ3) is 5.18. The Hall–Kier alpha value is -3.76. The van der Waals surface area contributed by atoms with Crippen LogP contribution in [0.1, 0.15) is 34.3 Å². The van der Waals surface area contributed by atoms with Crippen LogP contribution >= 0.6 is 0 Å². The maximum atomic E-state index is 13.7. The molecule has 1 saturated carbocycles. The van der Waals surface area contributed by atoms with Crippen LogP contribution in [0.15, 0.2) is 65.6 Å². The van der Waals surface area contributed by atoms with Gasteiger partial charge in [-0.3, -0.25) is 9.69 Å². The van der Waals surface area contributed by atoms with E-state index >= 15 is 0 Å². The molecule has 42 heavy (non-hydrogen) atoms. The van der Waals surface area contributed by atoms with Gasteiger partial charge in [0.05, 0.1) is 17.1 Å². The van der Waals surface area contributed by atoms with Crippen molar-refractivity contribution in [3.05, 3.63) is 77.4 Å². The molecule has 4 unspecified atom stereocenters. The fraction of sp³-hybridized carbons (Fsp3) is 0.406. The smallest absolute Gasteiger partial charge is 0.264 e. The lowest BCUT2D eigenvalue weighted by molar-refractivity contribution is 0.0689. The first kappa shape index (κ1) is 27.1. The van der Waals surface area contributed by atoms with Gasteiger partial charge in [-0.2, -0.15) is 4.98 Å². The maximum Gasteiger partial charge on any atom is 0.264 e. The number of hydrogen-bond acceptors (Lipinski definition) is 7. The Kier molecular flexibility index (Phi) is 6.78. The number of carbonyl (C=O) groups excluding carboxylic acids is 1. The minimum Gasteiger partial charge on any atom is -0.471 e. The van der Waals surface area contributed by atoms with Crippen LogP contribution in [0.5, 0.6) is 5.88 Å². The molecule has 4 aliphatic rings. The van der Waals surface area contributed by atoms with E-state index in [-0.39, 0.29) is 28.7 Å². The second-order valence-corrected chi connectivity index (χ2v) is 13.8. The van der Waals surface area contributed by atoms with Gasteiger partial charge < -0.3 is 9.64 Å². The molecule has 218 valence electrons. The minimum atomic E-state index is -4.07. The van der Waals surface area contributed by atoms with E-state index < -0.39 is 10.0 Å². The van der Waals surface area contributed by atoms with Gasteiger partial charge >= 0.3 is 0 Å². The number of sulfonamides is 1. The molecule has 0 spiro atoms. The Labute approximate surface area is 246 Å². The normalized spacial score (nSPS) is 26.4. The molecule has 0 radical (unpaired) electrons. The van der Waals surface area contributed by atoms with Crippen LogP contribution in [0.25, 0.3) is 11.3 Å². The van der Waals surface area contributed by atoms with Crippen LogP contribution < -0.4 is 9.46 Å². The highest BCUT2D eigenvalue weighted by molar-refractivity contribution is 7.92. The number of ether oxygens (including phenoxy) is 1. The standard InChI is InChI=1S/C32H35N5O4S/c1-20-5-3-6-21(2)30(20)28-16-29-34-32(33-28)35-42(39,40)27-8-4-7-24(15-27)31(38)37-12-11-36(18-26(19-37)41-29)17-25-14-22-9-10-23(25)13-22/h3-10,15-16,22-23,25-26H,11-14,17-19H2,1-2H3,(H,33,34,35). The topological polar surface area (TPSA) is 105 Å². The molecule has 2 aromatic carbocycles. The highest BCUT2D eigenvalue weighted by Crippen LogP contribution is 2.43. The summed E-state index contributed by atoms with van der Waals surface area (Å²) in [6.45, 7) is 7.24. The zero-order valence-corrected chi connectivity index (χ0v) is 24.7. The molecular weight excluding hydrogens is 550 g/mol. The predicted octanol–water partition coefficient (Wildman–Crippen LogP) is 4.29. The van der Waals surface area contributed by atoms with Gasteiger partial charge in [0.25, 0.3) is 15.9 Å². The van der Waals surface area contributed by atoms with Crippen molar-refractivity contribution in [2.75, 3.05) is 37.4 Å². The zero-order chi connectivity index (χ0) is 29.0. The fourth-order valence-corrected chi connectivity index (χ4v) is 8.09. The Morgan fingerprint density at radius 3 is 2.55 bits per heavy atom. The molecule has 4 atom stereocenters. The van der Waals surface area contributed by atoms with Crippen molar-refractivity contribution in [3.63, 3.8) is 0 Å². The molecule has 2 aliphatic carbocycles. The molecule has 9 nitrogen and oxygen atoms in total. The van der Waals surface area contributed by atoms with E-state index in [1.807, 2.05) is 32.0 Å². The third-order valence-electron chi connectivity index (χ3n) is 9.11. The summed E-state index contributed by atoms with van der Waals surface area (Å²) < 4.78 is 36.0. The summed E-state index contributed by atoms with van der Waals surface area (Å²) in [6.07, 6.45) is 6.85. The first-order valence-corrected chi connectivity index (χ1v) is 16.2. The number of hydrogen-bond donors (Lipinski definition) is 1. The monoisotopic (exact) mass is 585 g/mol. The number of rotatable bonds is 3. The van der Waals surface area contributed by atoms with Crippen molar-refractivity contribution in [2.45, 2.75) is 37.7 Å². The van der Waals surface area contributed by atoms with E-state index in [9.17, 15) is 13.2 Å². The lowest BCUT2D eigenvalue weighted by atomic mass is 9.93. The van der Waals surface area contributed by atoms with Crippen molar-refractivity contribution in [2.24, 2.45) is 17.8 Å². The minimum absolute atomic E-state index is 0.0199. The second-order valence-electron chi connectivity index (χ2n) is 12.1. The summed E-state index contributed by atoms with van der Waals surface area (Å²) >= 11 is 0. The van der Waals surface area contributed by atoms with Gasteiger partial charge in [0.15, 0.2) is 0 Å². The summed E-state index contributed by atoms with van der Waals surface area (Å²) in [5, 5.41) is 0. The van der Waals surface area contributed by atoms with Crippen LogP contribution in [-0.4, -0.2) is 72.9 Å². The molecule has 7 rings (SSSR count). The Bertz CT molecular complexity index is 1670. The Morgan fingerprint density at radius 2 is 1.79 bits per heavy atom. The molecular formula is C32H35N5O4S. The van der Waals surface area contributed by atoms with E-state index in [0.29, 0.717) is 48.6 Å². The second kappa shape index (κ2) is 10.5. The highest BCUT2D eigenvalue weighted by atomic mass is 32.2. The van der Waals surface area contributed by atoms with Crippen LogP contribution in [0.4, 0.5) is 5.95 Å². The van der Waals surface area contributed by atoms with Gasteiger partial charge in [0.2, 0.25) is 11.8 Å². The summed E-state index contributed by atoms with van der Waals surface area (Å²) in [6, 6.07) is 13.9. The number of aromatic nitrogens is 2. The number of carbonyl (C=O) groups is 1. The summed E-state index contributed by atoms with van der Waals surface area (Å²) in [4.78, 5) is 27.1. The van der Waals surface area contributed by atoms with Gasteiger partial charge in [0, 0.05) is 43.4 Å².